The summed E-state index contributed by atoms with van der Waals surface area (Å²) in [5, 5.41) is 0. The van der Waals surface area contributed by atoms with Gasteiger partial charge in [0.05, 0.1) is 11.8 Å². The van der Waals surface area contributed by atoms with E-state index in [0.29, 0.717) is 13.1 Å². The van der Waals surface area contributed by atoms with Gasteiger partial charge in [-0.1, -0.05) is 30.3 Å². The smallest absolute Gasteiger partial charge is 0.239 e. The molecule has 0 saturated carbocycles. The average Bonchev–Trinajstić information content (AvgIpc) is 2.85. The van der Waals surface area contributed by atoms with E-state index in [9.17, 15) is 13.2 Å². The zero-order valence-corrected chi connectivity index (χ0v) is 16.5. The maximum Gasteiger partial charge on any atom is 0.239 e. The summed E-state index contributed by atoms with van der Waals surface area (Å²) in [4.78, 5) is 16.7. The van der Waals surface area contributed by atoms with Crippen LogP contribution in [0.5, 0.6) is 0 Å². The van der Waals surface area contributed by atoms with E-state index in [4.69, 9.17) is 5.73 Å². The Bertz CT molecular complexity index is 664. The van der Waals surface area contributed by atoms with Gasteiger partial charge in [-0.05, 0) is 44.3 Å². The molecular weight excluding hydrogens is 350 g/mol. The lowest BCUT2D eigenvalue weighted by Crippen LogP contribution is -2.46. The maximum atomic E-state index is 12.5. The van der Waals surface area contributed by atoms with Crippen molar-refractivity contribution in [2.45, 2.75) is 31.7 Å². The largest absolute Gasteiger partial charge is 0.340 e. The molecule has 1 atom stereocenters. The number of aryl methyl sites for hydroxylation is 1. The Morgan fingerprint density at radius 1 is 1.15 bits per heavy atom. The fourth-order valence-electron chi connectivity index (χ4n) is 3.27. The Balaban J connectivity index is 1.73. The monoisotopic (exact) mass is 381 g/mol. The fourth-order valence-corrected chi connectivity index (χ4v) is 3.95. The third-order valence-electron chi connectivity index (χ3n) is 4.80. The summed E-state index contributed by atoms with van der Waals surface area (Å²) >= 11 is 0. The van der Waals surface area contributed by atoms with Crippen LogP contribution in [0.15, 0.2) is 30.3 Å². The van der Waals surface area contributed by atoms with Gasteiger partial charge in [-0.2, -0.15) is 0 Å². The summed E-state index contributed by atoms with van der Waals surface area (Å²) in [6, 6.07) is 9.75. The summed E-state index contributed by atoms with van der Waals surface area (Å²) in [7, 11) is -3.09. The lowest BCUT2D eigenvalue weighted by molar-refractivity contribution is -0.132. The molecule has 1 aliphatic rings. The molecular formula is C19H31N3O3S. The van der Waals surface area contributed by atoms with Crippen LogP contribution < -0.4 is 5.73 Å². The molecule has 1 amide bonds. The van der Waals surface area contributed by atoms with Crippen LogP contribution in [0.1, 0.15) is 24.8 Å². The van der Waals surface area contributed by atoms with Crippen LogP contribution in [0.25, 0.3) is 0 Å². The van der Waals surface area contributed by atoms with E-state index in [1.54, 1.807) is 4.90 Å². The molecule has 0 aliphatic carbocycles. The molecule has 26 heavy (non-hydrogen) atoms. The molecule has 7 heteroatoms. The molecule has 1 aromatic rings. The third-order valence-corrected chi connectivity index (χ3v) is 5.78. The summed E-state index contributed by atoms with van der Waals surface area (Å²) in [5.41, 5.74) is 7.27. The fraction of sp³-hybridized carbons (Fsp3) is 0.632. The first-order chi connectivity index (χ1) is 12.3. The zero-order valence-electron chi connectivity index (χ0n) is 15.6. The van der Waals surface area contributed by atoms with Gasteiger partial charge in [-0.15, -0.1) is 0 Å². The van der Waals surface area contributed by atoms with E-state index in [1.807, 2.05) is 6.07 Å². The van der Waals surface area contributed by atoms with E-state index in [-0.39, 0.29) is 18.1 Å². The summed E-state index contributed by atoms with van der Waals surface area (Å²) in [5.74, 6) is -0.168. The van der Waals surface area contributed by atoms with Gasteiger partial charge >= 0.3 is 0 Å². The average molecular weight is 382 g/mol. The Hall–Kier alpha value is -1.44. The third kappa shape index (κ3) is 7.43. The Labute approximate surface area is 157 Å². The zero-order chi connectivity index (χ0) is 19.0. The van der Waals surface area contributed by atoms with Crippen LogP contribution in [0.2, 0.25) is 0 Å². The number of hydrogen-bond donors (Lipinski definition) is 1. The molecule has 0 bridgehead atoms. The van der Waals surface area contributed by atoms with Crippen LogP contribution in [0, 0.1) is 0 Å². The van der Waals surface area contributed by atoms with Crippen molar-refractivity contribution >= 4 is 15.7 Å². The van der Waals surface area contributed by atoms with Crippen molar-refractivity contribution in [3.05, 3.63) is 35.9 Å². The maximum absolute atomic E-state index is 12.5. The second kappa shape index (κ2) is 10.0. The number of nitrogens with two attached hydrogens (primary N) is 1. The van der Waals surface area contributed by atoms with Crippen molar-refractivity contribution in [2.75, 3.05) is 44.7 Å². The minimum absolute atomic E-state index is 0.0423. The summed E-state index contributed by atoms with van der Waals surface area (Å²) < 4.78 is 22.5. The van der Waals surface area contributed by atoms with E-state index >= 15 is 0 Å². The number of amides is 1. The van der Waals surface area contributed by atoms with Crippen LogP contribution in [0.4, 0.5) is 0 Å². The number of carbonyl (C=O) groups excluding carboxylic acids is 1. The Morgan fingerprint density at radius 3 is 2.58 bits per heavy atom. The highest BCUT2D eigenvalue weighted by atomic mass is 32.2. The van der Waals surface area contributed by atoms with Gasteiger partial charge in [0, 0.05) is 25.9 Å². The highest BCUT2D eigenvalue weighted by Crippen LogP contribution is 2.09. The molecule has 1 aromatic carbocycles. The molecule has 2 rings (SSSR count). The van der Waals surface area contributed by atoms with Gasteiger partial charge in [0.2, 0.25) is 5.91 Å². The highest BCUT2D eigenvalue weighted by molar-refractivity contribution is 7.90. The van der Waals surface area contributed by atoms with Gasteiger partial charge in [0.15, 0.2) is 0 Å². The standard InChI is InChI=1S/C19H31N3O3S/c1-26(24,25)16-10-18(20)19(23)22-13-6-12-21(14-15-22)11-5-9-17-7-3-2-4-8-17/h2-4,7-8,18H,5-6,9-16,20H2,1H3. The van der Waals surface area contributed by atoms with Crippen LogP contribution in [-0.4, -0.2) is 74.9 Å². The summed E-state index contributed by atoms with van der Waals surface area (Å²) in [6.45, 7) is 4.21. The van der Waals surface area contributed by atoms with Gasteiger partial charge in [0.1, 0.15) is 9.84 Å². The number of benzene rings is 1. The number of sulfone groups is 1. The molecule has 1 saturated heterocycles. The lowest BCUT2D eigenvalue weighted by Gasteiger charge is -2.24. The number of nitrogens with zero attached hydrogens (tertiary/aromatic N) is 2. The highest BCUT2D eigenvalue weighted by Gasteiger charge is 2.24. The van der Waals surface area contributed by atoms with Crippen molar-refractivity contribution in [3.63, 3.8) is 0 Å². The van der Waals surface area contributed by atoms with Crippen LogP contribution in [0.3, 0.4) is 0 Å². The van der Waals surface area contributed by atoms with Crippen molar-refractivity contribution < 1.29 is 13.2 Å². The van der Waals surface area contributed by atoms with Crippen molar-refractivity contribution in [1.29, 1.82) is 0 Å². The van der Waals surface area contributed by atoms with Crippen molar-refractivity contribution in [1.82, 2.24) is 9.80 Å². The first-order valence-electron chi connectivity index (χ1n) is 9.33. The number of hydrogen-bond acceptors (Lipinski definition) is 5. The SMILES string of the molecule is CS(=O)(=O)CCC(N)C(=O)N1CCCN(CCCc2ccccc2)CC1. The first kappa shape index (κ1) is 20.9. The summed E-state index contributed by atoms with van der Waals surface area (Å²) in [6.07, 6.45) is 4.45. The minimum atomic E-state index is -3.09. The Morgan fingerprint density at radius 2 is 1.88 bits per heavy atom. The van der Waals surface area contributed by atoms with Crippen LogP contribution in [-0.2, 0) is 21.1 Å². The second-order valence-corrected chi connectivity index (χ2v) is 9.39. The molecule has 1 aliphatic heterocycles. The van der Waals surface area contributed by atoms with E-state index in [1.165, 1.54) is 11.8 Å². The molecule has 6 nitrogen and oxygen atoms in total. The van der Waals surface area contributed by atoms with Crippen molar-refractivity contribution in [3.8, 4) is 0 Å². The van der Waals surface area contributed by atoms with Gasteiger partial charge < -0.3 is 15.5 Å². The minimum Gasteiger partial charge on any atom is -0.340 e. The first-order valence-corrected chi connectivity index (χ1v) is 11.4. The van der Waals surface area contributed by atoms with E-state index < -0.39 is 15.9 Å². The predicted molar refractivity (Wildman–Crippen MR) is 105 cm³/mol. The van der Waals surface area contributed by atoms with Crippen molar-refractivity contribution in [2.24, 2.45) is 5.73 Å². The van der Waals surface area contributed by atoms with Gasteiger partial charge in [-0.3, -0.25) is 4.79 Å². The van der Waals surface area contributed by atoms with E-state index in [2.05, 4.69) is 29.2 Å². The van der Waals surface area contributed by atoms with E-state index in [0.717, 1.165) is 38.9 Å². The normalized spacial score (nSPS) is 17.7. The number of rotatable bonds is 8. The quantitative estimate of drug-likeness (QED) is 0.724. The molecule has 2 N–H and O–H groups in total. The topological polar surface area (TPSA) is 83.7 Å². The van der Waals surface area contributed by atoms with Gasteiger partial charge in [0.25, 0.3) is 0 Å². The molecule has 1 unspecified atom stereocenters. The molecule has 0 aromatic heterocycles. The molecule has 1 heterocycles. The molecule has 146 valence electrons. The number of carbonyl (C=O) groups is 1. The predicted octanol–water partition coefficient (Wildman–Crippen LogP) is 0.916. The second-order valence-electron chi connectivity index (χ2n) is 7.13. The molecule has 0 radical (unpaired) electrons. The van der Waals surface area contributed by atoms with Gasteiger partial charge in [-0.25, -0.2) is 8.42 Å². The molecule has 0 spiro atoms. The lowest BCUT2D eigenvalue weighted by atomic mass is 10.1. The Kier molecular flexibility index (Phi) is 8.06. The molecule has 1 fully saturated rings. The van der Waals surface area contributed by atoms with Crippen LogP contribution >= 0.6 is 0 Å².